The number of hydrogen-bond donors (Lipinski definition) is 2. The second kappa shape index (κ2) is 7.03. The SMILES string of the molecule is Cc1cccnc1Nc1cccc(C2CCCN2Cc2ncc[nH]2)n1. The van der Waals surface area contributed by atoms with Crippen LogP contribution in [0.5, 0.6) is 0 Å². The number of aromatic nitrogens is 4. The van der Waals surface area contributed by atoms with Gasteiger partial charge in [0, 0.05) is 18.6 Å². The molecule has 4 rings (SSSR count). The Labute approximate surface area is 147 Å². The van der Waals surface area contributed by atoms with E-state index in [9.17, 15) is 0 Å². The topological polar surface area (TPSA) is 69.7 Å². The van der Waals surface area contributed by atoms with Crippen molar-refractivity contribution in [1.29, 1.82) is 0 Å². The summed E-state index contributed by atoms with van der Waals surface area (Å²) in [5.74, 6) is 2.69. The molecule has 2 N–H and O–H groups in total. The minimum atomic E-state index is 0.330. The zero-order valence-electron chi connectivity index (χ0n) is 14.3. The molecule has 0 amide bonds. The minimum Gasteiger partial charge on any atom is -0.348 e. The summed E-state index contributed by atoms with van der Waals surface area (Å²) in [5, 5.41) is 3.34. The van der Waals surface area contributed by atoms with Gasteiger partial charge in [-0.2, -0.15) is 0 Å². The predicted molar refractivity (Wildman–Crippen MR) is 97.5 cm³/mol. The van der Waals surface area contributed by atoms with Crippen molar-refractivity contribution in [2.24, 2.45) is 0 Å². The van der Waals surface area contributed by atoms with Gasteiger partial charge in [-0.1, -0.05) is 12.1 Å². The van der Waals surface area contributed by atoms with Crippen molar-refractivity contribution in [2.45, 2.75) is 32.4 Å². The van der Waals surface area contributed by atoms with Crippen LogP contribution in [0.25, 0.3) is 0 Å². The van der Waals surface area contributed by atoms with E-state index >= 15 is 0 Å². The normalized spacial score (nSPS) is 17.7. The molecule has 1 fully saturated rings. The highest BCUT2D eigenvalue weighted by atomic mass is 15.2. The first-order valence-corrected chi connectivity index (χ1v) is 8.67. The highest BCUT2D eigenvalue weighted by Gasteiger charge is 2.27. The van der Waals surface area contributed by atoms with Gasteiger partial charge in [-0.3, -0.25) is 4.90 Å². The molecule has 0 aromatic carbocycles. The molecule has 0 radical (unpaired) electrons. The van der Waals surface area contributed by atoms with Crippen LogP contribution in [0.4, 0.5) is 11.6 Å². The lowest BCUT2D eigenvalue weighted by atomic mass is 10.1. The molecular formula is C19H22N6. The lowest BCUT2D eigenvalue weighted by molar-refractivity contribution is 0.239. The molecule has 0 aliphatic carbocycles. The molecule has 6 nitrogen and oxygen atoms in total. The molecule has 0 bridgehead atoms. The largest absolute Gasteiger partial charge is 0.348 e. The van der Waals surface area contributed by atoms with Gasteiger partial charge in [-0.15, -0.1) is 0 Å². The fourth-order valence-corrected chi connectivity index (χ4v) is 3.37. The molecule has 1 atom stereocenters. The van der Waals surface area contributed by atoms with Crippen LogP contribution in [0.15, 0.2) is 48.9 Å². The van der Waals surface area contributed by atoms with Crippen LogP contribution in [0.3, 0.4) is 0 Å². The maximum Gasteiger partial charge on any atom is 0.134 e. The lowest BCUT2D eigenvalue weighted by Gasteiger charge is -2.23. The molecular weight excluding hydrogens is 312 g/mol. The van der Waals surface area contributed by atoms with Gasteiger partial charge in [0.2, 0.25) is 0 Å². The van der Waals surface area contributed by atoms with Gasteiger partial charge in [0.15, 0.2) is 0 Å². The zero-order valence-corrected chi connectivity index (χ0v) is 14.3. The summed E-state index contributed by atoms with van der Waals surface area (Å²) in [6, 6.07) is 10.5. The van der Waals surface area contributed by atoms with Crippen molar-refractivity contribution in [3.05, 3.63) is 66.0 Å². The molecule has 128 valence electrons. The van der Waals surface area contributed by atoms with Gasteiger partial charge >= 0.3 is 0 Å². The van der Waals surface area contributed by atoms with Crippen LogP contribution in [0.2, 0.25) is 0 Å². The summed E-state index contributed by atoms with van der Waals surface area (Å²) in [6.45, 7) is 3.95. The number of aromatic amines is 1. The Morgan fingerprint density at radius 3 is 3.00 bits per heavy atom. The molecule has 1 unspecified atom stereocenters. The van der Waals surface area contributed by atoms with E-state index in [1.807, 2.05) is 31.3 Å². The number of nitrogens with zero attached hydrogens (tertiary/aromatic N) is 4. The maximum atomic E-state index is 4.85. The zero-order chi connectivity index (χ0) is 17.1. The molecule has 3 aromatic rings. The first-order valence-electron chi connectivity index (χ1n) is 8.67. The van der Waals surface area contributed by atoms with Gasteiger partial charge in [-0.05, 0) is 50.1 Å². The number of H-pyrrole nitrogens is 1. The molecule has 6 heteroatoms. The number of rotatable bonds is 5. The average molecular weight is 334 g/mol. The van der Waals surface area contributed by atoms with Crippen molar-refractivity contribution in [1.82, 2.24) is 24.8 Å². The first-order chi connectivity index (χ1) is 12.3. The Bertz CT molecular complexity index is 829. The standard InChI is InChI=1S/C19H22N6/c1-14-5-3-9-22-19(14)24-17-8-2-6-15(23-17)16-7-4-12-25(16)13-18-20-10-11-21-18/h2-3,5-6,8-11,16H,4,7,12-13H2,1H3,(H,20,21)(H,22,23,24). The predicted octanol–water partition coefficient (Wildman–Crippen LogP) is 3.59. The van der Waals surface area contributed by atoms with Crippen molar-refractivity contribution >= 4 is 11.6 Å². The molecule has 25 heavy (non-hydrogen) atoms. The maximum absolute atomic E-state index is 4.85. The van der Waals surface area contributed by atoms with E-state index in [1.165, 1.54) is 6.42 Å². The number of aryl methyl sites for hydroxylation is 1. The third-order valence-electron chi connectivity index (χ3n) is 4.64. The van der Waals surface area contributed by atoms with Crippen LogP contribution in [-0.2, 0) is 6.54 Å². The van der Waals surface area contributed by atoms with Gasteiger partial charge in [0.25, 0.3) is 0 Å². The Morgan fingerprint density at radius 2 is 2.16 bits per heavy atom. The van der Waals surface area contributed by atoms with Crippen molar-refractivity contribution in [3.8, 4) is 0 Å². The summed E-state index contributed by atoms with van der Waals surface area (Å²) in [4.78, 5) is 19.2. The Morgan fingerprint density at radius 1 is 1.20 bits per heavy atom. The van der Waals surface area contributed by atoms with E-state index in [0.29, 0.717) is 6.04 Å². The second-order valence-electron chi connectivity index (χ2n) is 6.41. The average Bonchev–Trinajstić information content (AvgIpc) is 3.30. The van der Waals surface area contributed by atoms with Crippen molar-refractivity contribution in [2.75, 3.05) is 11.9 Å². The van der Waals surface area contributed by atoms with Gasteiger partial charge in [0.1, 0.15) is 17.5 Å². The third kappa shape index (κ3) is 3.53. The van der Waals surface area contributed by atoms with E-state index in [-0.39, 0.29) is 0 Å². The van der Waals surface area contributed by atoms with Crippen molar-refractivity contribution in [3.63, 3.8) is 0 Å². The van der Waals surface area contributed by atoms with Crippen LogP contribution in [0, 0.1) is 6.92 Å². The summed E-state index contributed by atoms with van der Waals surface area (Å²) >= 11 is 0. The fourth-order valence-electron chi connectivity index (χ4n) is 3.37. The highest BCUT2D eigenvalue weighted by Crippen LogP contribution is 2.32. The van der Waals surface area contributed by atoms with E-state index in [4.69, 9.17) is 4.98 Å². The number of likely N-dealkylation sites (tertiary alicyclic amines) is 1. The minimum absolute atomic E-state index is 0.330. The van der Waals surface area contributed by atoms with E-state index in [0.717, 1.165) is 48.2 Å². The number of imidazole rings is 1. The van der Waals surface area contributed by atoms with E-state index in [2.05, 4.69) is 37.3 Å². The molecule has 0 saturated carbocycles. The van der Waals surface area contributed by atoms with Crippen LogP contribution >= 0.6 is 0 Å². The molecule has 0 spiro atoms. The highest BCUT2D eigenvalue weighted by molar-refractivity contribution is 5.55. The smallest absolute Gasteiger partial charge is 0.134 e. The molecule has 3 aromatic heterocycles. The fraction of sp³-hybridized carbons (Fsp3) is 0.316. The number of nitrogens with one attached hydrogen (secondary N) is 2. The Balaban J connectivity index is 1.53. The molecule has 1 saturated heterocycles. The summed E-state index contributed by atoms with van der Waals surface area (Å²) in [5.41, 5.74) is 2.21. The second-order valence-corrected chi connectivity index (χ2v) is 6.41. The van der Waals surface area contributed by atoms with Crippen LogP contribution < -0.4 is 5.32 Å². The number of pyridine rings is 2. The summed E-state index contributed by atoms with van der Waals surface area (Å²) in [6.07, 6.45) is 7.78. The summed E-state index contributed by atoms with van der Waals surface area (Å²) in [7, 11) is 0. The molecule has 1 aliphatic heterocycles. The van der Waals surface area contributed by atoms with Crippen molar-refractivity contribution < 1.29 is 0 Å². The lowest BCUT2D eigenvalue weighted by Crippen LogP contribution is -2.24. The summed E-state index contributed by atoms with van der Waals surface area (Å²) < 4.78 is 0. The molecule has 4 heterocycles. The number of hydrogen-bond acceptors (Lipinski definition) is 5. The first kappa shape index (κ1) is 15.8. The Hall–Kier alpha value is -2.73. The monoisotopic (exact) mass is 334 g/mol. The van der Waals surface area contributed by atoms with E-state index < -0.39 is 0 Å². The van der Waals surface area contributed by atoms with Crippen LogP contribution in [0.1, 0.15) is 36.0 Å². The van der Waals surface area contributed by atoms with Crippen LogP contribution in [-0.4, -0.2) is 31.4 Å². The quantitative estimate of drug-likeness (QED) is 0.746. The van der Waals surface area contributed by atoms with Gasteiger partial charge in [0.05, 0.1) is 18.3 Å². The van der Waals surface area contributed by atoms with E-state index in [1.54, 1.807) is 12.4 Å². The number of anilines is 2. The third-order valence-corrected chi connectivity index (χ3v) is 4.64. The van der Waals surface area contributed by atoms with Gasteiger partial charge < -0.3 is 10.3 Å². The molecule has 1 aliphatic rings. The van der Waals surface area contributed by atoms with Gasteiger partial charge in [-0.25, -0.2) is 15.0 Å². The Kier molecular flexibility index (Phi) is 4.43.